The molecule has 2 atom stereocenters. The molecule has 1 aromatic heterocycles. The van der Waals surface area contributed by atoms with Crippen molar-refractivity contribution in [3.05, 3.63) is 59.7 Å². The molecule has 0 saturated carbocycles. The Kier molecular flexibility index (Phi) is 7.50. The van der Waals surface area contributed by atoms with Crippen molar-refractivity contribution in [1.82, 2.24) is 25.2 Å². The number of para-hydroxylation sites is 1. The third kappa shape index (κ3) is 5.88. The van der Waals surface area contributed by atoms with Crippen LogP contribution in [0.5, 0.6) is 0 Å². The summed E-state index contributed by atoms with van der Waals surface area (Å²) < 4.78 is 7.48. The van der Waals surface area contributed by atoms with Crippen LogP contribution in [0.15, 0.2) is 48.5 Å². The smallest absolute Gasteiger partial charge is 0.247 e. The van der Waals surface area contributed by atoms with Crippen molar-refractivity contribution in [2.45, 2.75) is 71.2 Å². The number of aryl methyl sites for hydroxylation is 1. The standard InChI is InChI=1S/C27H35N5O3/c1-5-27(3,4)28-26(34)25(20-14-12-19(2)13-15-20)31(17-21-9-8-16-35-21)24(33)18-32-23-11-7-6-10-22(23)29-30-32/h6-7,10-15,21,25H,5,8-9,16-18H2,1-4H3,(H,28,34). The summed E-state index contributed by atoms with van der Waals surface area (Å²) in [4.78, 5) is 29.3. The SMILES string of the molecule is CCC(C)(C)NC(=O)C(c1ccc(C)cc1)N(CC1CCCO1)C(=O)Cn1nnc2ccccc21. The van der Waals surface area contributed by atoms with Gasteiger partial charge in [0.15, 0.2) is 0 Å². The Balaban J connectivity index is 1.70. The number of hydrogen-bond acceptors (Lipinski definition) is 5. The summed E-state index contributed by atoms with van der Waals surface area (Å²) in [7, 11) is 0. The van der Waals surface area contributed by atoms with E-state index in [9.17, 15) is 9.59 Å². The van der Waals surface area contributed by atoms with Crippen LogP contribution in [0.25, 0.3) is 11.0 Å². The fourth-order valence-electron chi connectivity index (χ4n) is 4.32. The van der Waals surface area contributed by atoms with E-state index in [1.54, 1.807) is 9.58 Å². The van der Waals surface area contributed by atoms with Crippen LogP contribution < -0.4 is 5.32 Å². The monoisotopic (exact) mass is 477 g/mol. The van der Waals surface area contributed by atoms with Crippen molar-refractivity contribution in [2.75, 3.05) is 13.2 Å². The van der Waals surface area contributed by atoms with E-state index in [1.165, 1.54) is 0 Å². The van der Waals surface area contributed by atoms with E-state index in [-0.39, 0.29) is 24.5 Å². The molecule has 0 spiro atoms. The first-order valence-corrected chi connectivity index (χ1v) is 12.4. The third-order valence-corrected chi connectivity index (χ3v) is 6.75. The van der Waals surface area contributed by atoms with Crippen molar-refractivity contribution in [1.29, 1.82) is 0 Å². The molecule has 1 N–H and O–H groups in total. The first-order chi connectivity index (χ1) is 16.8. The molecule has 2 unspecified atom stereocenters. The second-order valence-electron chi connectivity index (χ2n) is 9.96. The quantitative estimate of drug-likeness (QED) is 0.506. The Morgan fingerprint density at radius 3 is 2.63 bits per heavy atom. The average Bonchev–Trinajstić information content (AvgIpc) is 3.50. The molecule has 35 heavy (non-hydrogen) atoms. The van der Waals surface area contributed by atoms with Crippen LogP contribution in [0.4, 0.5) is 0 Å². The molecule has 1 fully saturated rings. The lowest BCUT2D eigenvalue weighted by Crippen LogP contribution is -2.52. The zero-order valence-corrected chi connectivity index (χ0v) is 21.0. The van der Waals surface area contributed by atoms with Crippen LogP contribution in [-0.4, -0.2) is 56.5 Å². The van der Waals surface area contributed by atoms with Gasteiger partial charge in [0, 0.05) is 18.7 Å². The largest absolute Gasteiger partial charge is 0.376 e. The number of carbonyl (C=O) groups is 2. The van der Waals surface area contributed by atoms with E-state index in [0.717, 1.165) is 41.4 Å². The van der Waals surface area contributed by atoms with Crippen molar-refractivity contribution < 1.29 is 14.3 Å². The molecule has 8 heteroatoms. The topological polar surface area (TPSA) is 89.4 Å². The fourth-order valence-corrected chi connectivity index (χ4v) is 4.32. The number of benzene rings is 2. The van der Waals surface area contributed by atoms with Crippen LogP contribution >= 0.6 is 0 Å². The number of nitrogens with zero attached hydrogens (tertiary/aromatic N) is 4. The van der Waals surface area contributed by atoms with Crippen molar-refractivity contribution >= 4 is 22.8 Å². The minimum atomic E-state index is -0.784. The molecule has 2 amide bonds. The van der Waals surface area contributed by atoms with Gasteiger partial charge in [-0.3, -0.25) is 9.59 Å². The van der Waals surface area contributed by atoms with Gasteiger partial charge >= 0.3 is 0 Å². The zero-order valence-electron chi connectivity index (χ0n) is 21.0. The summed E-state index contributed by atoms with van der Waals surface area (Å²) in [5.41, 5.74) is 2.97. The van der Waals surface area contributed by atoms with Gasteiger partial charge in [0.25, 0.3) is 0 Å². The molecule has 0 aliphatic carbocycles. The Morgan fingerprint density at radius 2 is 1.94 bits per heavy atom. The second-order valence-corrected chi connectivity index (χ2v) is 9.96. The lowest BCUT2D eigenvalue weighted by Gasteiger charge is -2.35. The van der Waals surface area contributed by atoms with Gasteiger partial charge in [0.2, 0.25) is 11.8 Å². The molecule has 1 aliphatic heterocycles. The van der Waals surface area contributed by atoms with Crippen molar-refractivity contribution in [3.63, 3.8) is 0 Å². The first kappa shape index (κ1) is 24.9. The molecule has 1 saturated heterocycles. The van der Waals surface area contributed by atoms with E-state index in [2.05, 4.69) is 15.6 Å². The van der Waals surface area contributed by atoms with E-state index in [1.807, 2.05) is 76.2 Å². The highest BCUT2D eigenvalue weighted by atomic mass is 16.5. The molecule has 186 valence electrons. The summed E-state index contributed by atoms with van der Waals surface area (Å²) in [6.45, 7) is 9.01. The van der Waals surface area contributed by atoms with Crippen LogP contribution in [0.1, 0.15) is 57.2 Å². The molecule has 8 nitrogen and oxygen atoms in total. The highest BCUT2D eigenvalue weighted by Crippen LogP contribution is 2.27. The summed E-state index contributed by atoms with van der Waals surface area (Å²) >= 11 is 0. The number of amides is 2. The zero-order chi connectivity index (χ0) is 25.0. The van der Waals surface area contributed by atoms with Crippen molar-refractivity contribution in [3.8, 4) is 0 Å². The van der Waals surface area contributed by atoms with E-state index in [4.69, 9.17) is 4.74 Å². The lowest BCUT2D eigenvalue weighted by atomic mass is 9.97. The Bertz CT molecular complexity index is 1170. The number of ether oxygens (including phenoxy) is 1. The Labute approximate surface area is 206 Å². The predicted molar refractivity (Wildman–Crippen MR) is 135 cm³/mol. The highest BCUT2D eigenvalue weighted by molar-refractivity contribution is 5.89. The number of hydrogen-bond donors (Lipinski definition) is 1. The van der Waals surface area contributed by atoms with Gasteiger partial charge in [0.1, 0.15) is 18.1 Å². The number of carbonyl (C=O) groups excluding carboxylic acids is 2. The van der Waals surface area contributed by atoms with E-state index >= 15 is 0 Å². The summed E-state index contributed by atoms with van der Waals surface area (Å²) in [6.07, 6.45) is 2.47. The van der Waals surface area contributed by atoms with Crippen LogP contribution in [-0.2, 0) is 20.9 Å². The molecule has 3 aromatic rings. The number of nitrogens with one attached hydrogen (secondary N) is 1. The molecule has 2 aromatic carbocycles. The predicted octanol–water partition coefficient (Wildman–Crippen LogP) is 3.79. The molecule has 4 rings (SSSR count). The van der Waals surface area contributed by atoms with E-state index in [0.29, 0.717) is 13.2 Å². The fraction of sp³-hybridized carbons (Fsp3) is 0.481. The molecule has 0 bridgehead atoms. The lowest BCUT2D eigenvalue weighted by molar-refractivity contribution is -0.144. The van der Waals surface area contributed by atoms with Gasteiger partial charge in [-0.15, -0.1) is 5.10 Å². The molecule has 1 aliphatic rings. The summed E-state index contributed by atoms with van der Waals surface area (Å²) in [5, 5.41) is 11.5. The first-order valence-electron chi connectivity index (χ1n) is 12.4. The molecule has 2 heterocycles. The second kappa shape index (κ2) is 10.6. The van der Waals surface area contributed by atoms with Gasteiger partial charge in [-0.05, 0) is 57.7 Å². The molecular formula is C27H35N5O3. The molecular weight excluding hydrogens is 442 g/mol. The van der Waals surface area contributed by atoms with Gasteiger partial charge in [-0.25, -0.2) is 4.68 Å². The maximum Gasteiger partial charge on any atom is 0.247 e. The number of rotatable bonds is 9. The minimum Gasteiger partial charge on any atom is -0.376 e. The third-order valence-electron chi connectivity index (χ3n) is 6.75. The van der Waals surface area contributed by atoms with Crippen LogP contribution in [0, 0.1) is 6.92 Å². The average molecular weight is 478 g/mol. The van der Waals surface area contributed by atoms with Gasteiger partial charge in [-0.2, -0.15) is 0 Å². The van der Waals surface area contributed by atoms with E-state index < -0.39 is 11.6 Å². The van der Waals surface area contributed by atoms with Crippen LogP contribution in [0.3, 0.4) is 0 Å². The summed E-state index contributed by atoms with van der Waals surface area (Å²) in [6, 6.07) is 14.6. The maximum atomic E-state index is 13.9. The number of aromatic nitrogens is 3. The van der Waals surface area contributed by atoms with Crippen molar-refractivity contribution in [2.24, 2.45) is 0 Å². The highest BCUT2D eigenvalue weighted by Gasteiger charge is 2.36. The summed E-state index contributed by atoms with van der Waals surface area (Å²) in [5.74, 6) is -0.401. The van der Waals surface area contributed by atoms with Gasteiger partial charge < -0.3 is 15.0 Å². The Hall–Kier alpha value is -3.26. The normalized spacial score (nSPS) is 16.9. The number of fused-ring (bicyclic) bond motifs is 1. The Morgan fingerprint density at radius 1 is 1.20 bits per heavy atom. The molecule has 0 radical (unpaired) electrons. The minimum absolute atomic E-state index is 0.0138. The maximum absolute atomic E-state index is 13.9. The van der Waals surface area contributed by atoms with Crippen LogP contribution in [0.2, 0.25) is 0 Å². The van der Waals surface area contributed by atoms with Gasteiger partial charge in [-0.1, -0.05) is 54.1 Å². The van der Waals surface area contributed by atoms with Gasteiger partial charge in [0.05, 0.1) is 11.6 Å².